The average molecular weight is 272 g/mol. The fourth-order valence-electron chi connectivity index (χ4n) is 3.42. The third-order valence-corrected chi connectivity index (χ3v) is 5.22. The zero-order valence-corrected chi connectivity index (χ0v) is 12.8. The maximum absolute atomic E-state index is 5.50. The van der Waals surface area contributed by atoms with Crippen molar-refractivity contribution in [3.63, 3.8) is 0 Å². The molecule has 0 radical (unpaired) electrons. The van der Waals surface area contributed by atoms with Gasteiger partial charge in [-0.15, -0.1) is 0 Å². The van der Waals surface area contributed by atoms with Crippen molar-refractivity contribution in [2.24, 2.45) is 11.3 Å². The van der Waals surface area contributed by atoms with E-state index >= 15 is 0 Å². The molecule has 4 heteroatoms. The second-order valence-electron chi connectivity index (χ2n) is 6.38. The zero-order valence-electron chi connectivity index (χ0n) is 11.9. The molecular formula is C14H28N2OS. The normalized spacial score (nSPS) is 29.0. The van der Waals surface area contributed by atoms with Gasteiger partial charge in [0.15, 0.2) is 0 Å². The summed E-state index contributed by atoms with van der Waals surface area (Å²) in [6.45, 7) is 6.79. The average Bonchev–Trinajstić information content (AvgIpc) is 2.75. The van der Waals surface area contributed by atoms with Crippen LogP contribution in [0.5, 0.6) is 0 Å². The van der Waals surface area contributed by atoms with Gasteiger partial charge in [0.2, 0.25) is 0 Å². The maximum Gasteiger partial charge on any atom is 0.0472 e. The van der Waals surface area contributed by atoms with Crippen LogP contribution in [0.1, 0.15) is 19.3 Å². The fourth-order valence-corrected chi connectivity index (χ4v) is 3.84. The molecule has 0 aliphatic carbocycles. The van der Waals surface area contributed by atoms with E-state index < -0.39 is 0 Å². The van der Waals surface area contributed by atoms with E-state index in [4.69, 9.17) is 4.74 Å². The monoisotopic (exact) mass is 272 g/mol. The van der Waals surface area contributed by atoms with Crippen LogP contribution >= 0.6 is 12.6 Å². The van der Waals surface area contributed by atoms with Crippen LogP contribution in [0.3, 0.4) is 0 Å². The third kappa shape index (κ3) is 3.86. The minimum atomic E-state index is 0.390. The number of nitrogens with zero attached hydrogens (tertiary/aromatic N) is 2. The van der Waals surface area contributed by atoms with Gasteiger partial charge in [0, 0.05) is 32.8 Å². The highest BCUT2D eigenvalue weighted by atomic mass is 32.1. The van der Waals surface area contributed by atoms with Crippen LogP contribution in [0.15, 0.2) is 0 Å². The minimum absolute atomic E-state index is 0.390. The predicted molar refractivity (Wildman–Crippen MR) is 79.4 cm³/mol. The molecule has 1 unspecified atom stereocenters. The number of rotatable bonds is 5. The molecule has 0 bridgehead atoms. The molecule has 0 spiro atoms. The Morgan fingerprint density at radius 3 is 2.67 bits per heavy atom. The minimum Gasteiger partial charge on any atom is -0.381 e. The molecule has 3 nitrogen and oxygen atoms in total. The maximum atomic E-state index is 5.50. The Hall–Kier alpha value is 0.230. The summed E-state index contributed by atoms with van der Waals surface area (Å²) in [5, 5.41) is 0. The highest BCUT2D eigenvalue weighted by Crippen LogP contribution is 2.32. The molecular weight excluding hydrogens is 244 g/mol. The molecule has 0 saturated carbocycles. The molecule has 0 aromatic carbocycles. The lowest BCUT2D eigenvalue weighted by atomic mass is 9.81. The number of thiol groups is 1. The standard InChI is InChI=1S/C14H28N2OS/c1-15-6-3-13(9-15)10-16(2)11-14(12-18)4-7-17-8-5-14/h13,18H,3-12H2,1-2H3. The van der Waals surface area contributed by atoms with E-state index in [1.165, 1.54) is 45.4 Å². The molecule has 2 rings (SSSR count). The summed E-state index contributed by atoms with van der Waals surface area (Å²) in [6.07, 6.45) is 3.70. The summed E-state index contributed by atoms with van der Waals surface area (Å²) in [5.41, 5.74) is 0.390. The third-order valence-electron chi connectivity index (χ3n) is 4.55. The van der Waals surface area contributed by atoms with Crippen molar-refractivity contribution in [3.05, 3.63) is 0 Å². The Balaban J connectivity index is 1.79. The first-order chi connectivity index (χ1) is 8.63. The first-order valence-corrected chi connectivity index (χ1v) is 7.82. The number of hydrogen-bond acceptors (Lipinski definition) is 4. The van der Waals surface area contributed by atoms with Gasteiger partial charge in [0.1, 0.15) is 0 Å². The van der Waals surface area contributed by atoms with Gasteiger partial charge in [-0.3, -0.25) is 0 Å². The van der Waals surface area contributed by atoms with E-state index in [-0.39, 0.29) is 0 Å². The van der Waals surface area contributed by atoms with Gasteiger partial charge in [-0.1, -0.05) is 0 Å². The second kappa shape index (κ2) is 6.60. The molecule has 2 saturated heterocycles. The summed E-state index contributed by atoms with van der Waals surface area (Å²) in [4.78, 5) is 4.98. The lowest BCUT2D eigenvalue weighted by molar-refractivity contribution is 0.00988. The number of likely N-dealkylation sites (tertiary alicyclic amines) is 1. The Bertz CT molecular complexity index is 256. The van der Waals surface area contributed by atoms with Crippen LogP contribution in [0, 0.1) is 11.3 Å². The molecule has 18 heavy (non-hydrogen) atoms. The molecule has 0 amide bonds. The summed E-state index contributed by atoms with van der Waals surface area (Å²) in [7, 11) is 4.51. The van der Waals surface area contributed by atoms with Gasteiger partial charge < -0.3 is 14.5 Å². The van der Waals surface area contributed by atoms with Crippen LogP contribution in [-0.2, 0) is 4.74 Å². The van der Waals surface area contributed by atoms with E-state index in [9.17, 15) is 0 Å². The fraction of sp³-hybridized carbons (Fsp3) is 1.00. The van der Waals surface area contributed by atoms with Crippen LogP contribution in [0.25, 0.3) is 0 Å². The second-order valence-corrected chi connectivity index (χ2v) is 6.70. The SMILES string of the molecule is CN1CCC(CN(C)CC2(CS)CCOCC2)C1. The Labute approximate surface area is 117 Å². The van der Waals surface area contributed by atoms with Gasteiger partial charge in [0.05, 0.1) is 0 Å². The smallest absolute Gasteiger partial charge is 0.0472 e. The van der Waals surface area contributed by atoms with Gasteiger partial charge in [-0.05, 0) is 57.0 Å². The summed E-state index contributed by atoms with van der Waals surface area (Å²) >= 11 is 4.60. The largest absolute Gasteiger partial charge is 0.381 e. The number of hydrogen-bond donors (Lipinski definition) is 1. The molecule has 1 atom stereocenters. The van der Waals surface area contributed by atoms with Gasteiger partial charge >= 0.3 is 0 Å². The molecule has 2 aliphatic heterocycles. The van der Waals surface area contributed by atoms with Crippen LogP contribution in [0.2, 0.25) is 0 Å². The van der Waals surface area contributed by atoms with E-state index in [1.807, 2.05) is 0 Å². The molecule has 2 fully saturated rings. The summed E-state index contributed by atoms with van der Waals surface area (Å²) in [6, 6.07) is 0. The first kappa shape index (κ1) is 14.6. The Kier molecular flexibility index (Phi) is 5.36. The number of ether oxygens (including phenoxy) is 1. The van der Waals surface area contributed by atoms with Crippen molar-refractivity contribution in [2.75, 3.05) is 59.2 Å². The highest BCUT2D eigenvalue weighted by Gasteiger charge is 2.33. The lowest BCUT2D eigenvalue weighted by Crippen LogP contribution is -2.43. The van der Waals surface area contributed by atoms with Crippen LogP contribution in [-0.4, -0.2) is 69.0 Å². The molecule has 0 aromatic heterocycles. The van der Waals surface area contributed by atoms with Crippen LogP contribution < -0.4 is 0 Å². The van der Waals surface area contributed by atoms with Crippen molar-refractivity contribution >= 4 is 12.6 Å². The van der Waals surface area contributed by atoms with Crippen LogP contribution in [0.4, 0.5) is 0 Å². The van der Waals surface area contributed by atoms with Crippen molar-refractivity contribution in [3.8, 4) is 0 Å². The van der Waals surface area contributed by atoms with Crippen molar-refractivity contribution in [2.45, 2.75) is 19.3 Å². The van der Waals surface area contributed by atoms with E-state index in [0.717, 1.165) is 24.9 Å². The topological polar surface area (TPSA) is 15.7 Å². The van der Waals surface area contributed by atoms with E-state index in [1.54, 1.807) is 0 Å². The molecule has 2 aliphatic rings. The van der Waals surface area contributed by atoms with E-state index in [0.29, 0.717) is 5.41 Å². The zero-order chi connectivity index (χ0) is 13.0. The predicted octanol–water partition coefficient (Wildman–Crippen LogP) is 1.60. The van der Waals surface area contributed by atoms with Gasteiger partial charge in [0.25, 0.3) is 0 Å². The van der Waals surface area contributed by atoms with E-state index in [2.05, 4.69) is 36.5 Å². The quantitative estimate of drug-likeness (QED) is 0.766. The van der Waals surface area contributed by atoms with Gasteiger partial charge in [-0.25, -0.2) is 0 Å². The molecule has 0 aromatic rings. The first-order valence-electron chi connectivity index (χ1n) is 7.19. The van der Waals surface area contributed by atoms with Crippen molar-refractivity contribution < 1.29 is 4.74 Å². The lowest BCUT2D eigenvalue weighted by Gasteiger charge is -2.39. The molecule has 106 valence electrons. The summed E-state index contributed by atoms with van der Waals surface area (Å²) < 4.78 is 5.50. The highest BCUT2D eigenvalue weighted by molar-refractivity contribution is 7.80. The van der Waals surface area contributed by atoms with Crippen molar-refractivity contribution in [1.82, 2.24) is 9.80 Å². The summed E-state index contributed by atoms with van der Waals surface area (Å²) in [5.74, 6) is 1.85. The Morgan fingerprint density at radius 2 is 2.11 bits per heavy atom. The van der Waals surface area contributed by atoms with Crippen molar-refractivity contribution in [1.29, 1.82) is 0 Å². The molecule has 2 heterocycles. The Morgan fingerprint density at radius 1 is 1.39 bits per heavy atom. The molecule has 0 N–H and O–H groups in total. The van der Waals surface area contributed by atoms with Gasteiger partial charge in [-0.2, -0.15) is 12.6 Å².